The molecule has 0 atom stereocenters. The van der Waals surface area contributed by atoms with Crippen molar-refractivity contribution in [3.05, 3.63) is 24.0 Å². The van der Waals surface area contributed by atoms with Crippen LogP contribution in [-0.4, -0.2) is 22.4 Å². The molecule has 0 bridgehead atoms. The van der Waals surface area contributed by atoms with Gasteiger partial charge in [-0.2, -0.15) is 11.8 Å². The Morgan fingerprint density at radius 2 is 2.22 bits per heavy atom. The maximum atomic E-state index is 11.6. The monoisotopic (exact) mass is 268 g/mol. The van der Waals surface area contributed by atoms with Crippen molar-refractivity contribution in [2.45, 2.75) is 39.0 Å². The van der Waals surface area contributed by atoms with E-state index < -0.39 is 11.7 Å². The van der Waals surface area contributed by atoms with Crippen molar-refractivity contribution in [3.8, 4) is 0 Å². The number of nitrogens with zero attached hydrogens (tertiary/aromatic N) is 1. The summed E-state index contributed by atoms with van der Waals surface area (Å²) >= 11 is 1.79. The van der Waals surface area contributed by atoms with E-state index in [0.29, 0.717) is 5.69 Å². The first-order valence-electron chi connectivity index (χ1n) is 5.93. The molecular formula is C13H20N2O2S. The summed E-state index contributed by atoms with van der Waals surface area (Å²) < 4.78 is 5.19. The standard InChI is InChI=1S/C13H20N2O2S/c1-5-18-9-11-8-10(6-7-14-11)15-12(16)17-13(2,3)4/h6-8H,5,9H2,1-4H3,(H,14,15,16). The Hall–Kier alpha value is -1.23. The second-order valence-corrected chi connectivity index (χ2v) is 6.07. The number of thioether (sulfide) groups is 1. The number of pyridine rings is 1. The maximum absolute atomic E-state index is 11.6. The van der Waals surface area contributed by atoms with Crippen LogP contribution >= 0.6 is 11.8 Å². The number of anilines is 1. The minimum Gasteiger partial charge on any atom is -0.444 e. The van der Waals surface area contributed by atoms with Crippen LogP contribution in [0.3, 0.4) is 0 Å². The van der Waals surface area contributed by atoms with Gasteiger partial charge < -0.3 is 4.74 Å². The van der Waals surface area contributed by atoms with Crippen LogP contribution in [0.4, 0.5) is 10.5 Å². The molecule has 4 nitrogen and oxygen atoms in total. The quantitative estimate of drug-likeness (QED) is 0.905. The zero-order chi connectivity index (χ0) is 13.6. The Balaban J connectivity index is 2.59. The Kier molecular flexibility index (Phi) is 5.47. The normalized spacial score (nSPS) is 11.1. The molecule has 1 N–H and O–H groups in total. The first-order valence-corrected chi connectivity index (χ1v) is 7.09. The SMILES string of the molecule is CCSCc1cc(NC(=O)OC(C)(C)C)ccn1. The number of aromatic nitrogens is 1. The molecule has 5 heteroatoms. The summed E-state index contributed by atoms with van der Waals surface area (Å²) in [6.07, 6.45) is 1.25. The molecule has 100 valence electrons. The van der Waals surface area contributed by atoms with Crippen LogP contribution in [-0.2, 0) is 10.5 Å². The second kappa shape index (κ2) is 6.64. The van der Waals surface area contributed by atoms with Crippen molar-refractivity contribution in [1.29, 1.82) is 0 Å². The van der Waals surface area contributed by atoms with E-state index in [2.05, 4.69) is 17.2 Å². The molecule has 0 aliphatic carbocycles. The Morgan fingerprint density at radius 3 is 2.83 bits per heavy atom. The smallest absolute Gasteiger partial charge is 0.412 e. The summed E-state index contributed by atoms with van der Waals surface area (Å²) in [7, 11) is 0. The van der Waals surface area contributed by atoms with Crippen molar-refractivity contribution in [3.63, 3.8) is 0 Å². The van der Waals surface area contributed by atoms with Crippen molar-refractivity contribution >= 4 is 23.5 Å². The average Bonchev–Trinajstić information content (AvgIpc) is 2.24. The predicted octanol–water partition coefficient (Wildman–Crippen LogP) is 3.68. The number of carbonyl (C=O) groups is 1. The third kappa shape index (κ3) is 5.91. The largest absolute Gasteiger partial charge is 0.444 e. The molecule has 0 spiro atoms. The van der Waals surface area contributed by atoms with Gasteiger partial charge >= 0.3 is 6.09 Å². The first-order chi connectivity index (χ1) is 8.40. The van der Waals surface area contributed by atoms with Gasteiger partial charge in [-0.1, -0.05) is 6.92 Å². The van der Waals surface area contributed by atoms with Crippen LogP contribution in [0.25, 0.3) is 0 Å². The highest BCUT2D eigenvalue weighted by Crippen LogP contribution is 2.15. The molecule has 1 rings (SSSR count). The number of ether oxygens (including phenoxy) is 1. The van der Waals surface area contributed by atoms with E-state index in [0.717, 1.165) is 17.2 Å². The van der Waals surface area contributed by atoms with E-state index in [-0.39, 0.29) is 0 Å². The molecule has 0 saturated heterocycles. The van der Waals surface area contributed by atoms with Crippen LogP contribution in [0.5, 0.6) is 0 Å². The molecule has 0 aliphatic rings. The van der Waals surface area contributed by atoms with Crippen LogP contribution in [0.2, 0.25) is 0 Å². The average molecular weight is 268 g/mol. The van der Waals surface area contributed by atoms with Gasteiger partial charge in [-0.15, -0.1) is 0 Å². The number of carbonyl (C=O) groups excluding carboxylic acids is 1. The van der Waals surface area contributed by atoms with E-state index >= 15 is 0 Å². The fourth-order valence-corrected chi connectivity index (χ4v) is 1.83. The van der Waals surface area contributed by atoms with Gasteiger partial charge in [0.1, 0.15) is 5.60 Å². The summed E-state index contributed by atoms with van der Waals surface area (Å²) in [5.41, 5.74) is 1.18. The first kappa shape index (κ1) is 14.8. The van der Waals surface area contributed by atoms with Crippen molar-refractivity contribution in [1.82, 2.24) is 4.98 Å². The van der Waals surface area contributed by atoms with Gasteiger partial charge in [0.05, 0.1) is 5.69 Å². The van der Waals surface area contributed by atoms with E-state index in [1.807, 2.05) is 26.8 Å². The fraction of sp³-hybridized carbons (Fsp3) is 0.538. The Bertz CT molecular complexity index is 402. The van der Waals surface area contributed by atoms with Gasteiger partial charge in [-0.05, 0) is 38.7 Å². The van der Waals surface area contributed by atoms with E-state index in [1.165, 1.54) is 0 Å². The number of hydrogen-bond acceptors (Lipinski definition) is 4. The minimum atomic E-state index is -0.488. The molecule has 0 fully saturated rings. The lowest BCUT2D eigenvalue weighted by Crippen LogP contribution is -2.27. The van der Waals surface area contributed by atoms with Crippen molar-refractivity contribution < 1.29 is 9.53 Å². The number of hydrogen-bond donors (Lipinski definition) is 1. The predicted molar refractivity (Wildman–Crippen MR) is 75.9 cm³/mol. The molecule has 0 saturated carbocycles. The number of rotatable bonds is 4. The third-order valence-electron chi connectivity index (χ3n) is 1.92. The van der Waals surface area contributed by atoms with E-state index in [4.69, 9.17) is 4.74 Å². The topological polar surface area (TPSA) is 51.2 Å². The highest BCUT2D eigenvalue weighted by Gasteiger charge is 2.16. The lowest BCUT2D eigenvalue weighted by Gasteiger charge is -2.19. The van der Waals surface area contributed by atoms with Crippen LogP contribution in [0, 0.1) is 0 Å². The molecule has 1 amide bonds. The van der Waals surface area contributed by atoms with Crippen LogP contribution in [0.15, 0.2) is 18.3 Å². The van der Waals surface area contributed by atoms with Gasteiger partial charge in [0.2, 0.25) is 0 Å². The molecule has 1 aromatic rings. The summed E-state index contributed by atoms with van der Waals surface area (Å²) in [6, 6.07) is 3.62. The lowest BCUT2D eigenvalue weighted by molar-refractivity contribution is 0.0636. The highest BCUT2D eigenvalue weighted by atomic mass is 32.2. The van der Waals surface area contributed by atoms with Gasteiger partial charge in [0.25, 0.3) is 0 Å². The lowest BCUT2D eigenvalue weighted by atomic mass is 10.2. The van der Waals surface area contributed by atoms with Gasteiger partial charge in [-0.3, -0.25) is 10.3 Å². The van der Waals surface area contributed by atoms with Crippen LogP contribution in [0.1, 0.15) is 33.4 Å². The molecule has 1 heterocycles. The summed E-state index contributed by atoms with van der Waals surface area (Å²) in [4.78, 5) is 15.8. The van der Waals surface area contributed by atoms with Crippen LogP contribution < -0.4 is 5.32 Å². The van der Waals surface area contributed by atoms with Crippen molar-refractivity contribution in [2.75, 3.05) is 11.1 Å². The van der Waals surface area contributed by atoms with E-state index in [9.17, 15) is 4.79 Å². The summed E-state index contributed by atoms with van der Waals surface area (Å²) in [5.74, 6) is 1.89. The van der Waals surface area contributed by atoms with Gasteiger partial charge in [-0.25, -0.2) is 4.79 Å². The summed E-state index contributed by atoms with van der Waals surface area (Å²) in [6.45, 7) is 7.61. The Morgan fingerprint density at radius 1 is 1.50 bits per heavy atom. The Labute approximate surface area is 113 Å². The molecule has 0 aromatic carbocycles. The third-order valence-corrected chi connectivity index (χ3v) is 2.82. The molecular weight excluding hydrogens is 248 g/mol. The summed E-state index contributed by atoms with van der Waals surface area (Å²) in [5, 5.41) is 2.70. The highest BCUT2D eigenvalue weighted by molar-refractivity contribution is 7.98. The number of nitrogens with one attached hydrogen (secondary N) is 1. The minimum absolute atomic E-state index is 0.442. The van der Waals surface area contributed by atoms with E-state index in [1.54, 1.807) is 24.0 Å². The van der Waals surface area contributed by atoms with Gasteiger partial charge in [0.15, 0.2) is 0 Å². The maximum Gasteiger partial charge on any atom is 0.412 e. The zero-order valence-electron chi connectivity index (χ0n) is 11.3. The second-order valence-electron chi connectivity index (χ2n) is 4.80. The fourth-order valence-electron chi connectivity index (χ4n) is 1.26. The molecule has 18 heavy (non-hydrogen) atoms. The molecule has 0 aliphatic heterocycles. The molecule has 1 aromatic heterocycles. The molecule has 0 unspecified atom stereocenters. The van der Waals surface area contributed by atoms with Gasteiger partial charge in [0, 0.05) is 17.6 Å². The molecule has 0 radical (unpaired) electrons. The number of amides is 1. The zero-order valence-corrected chi connectivity index (χ0v) is 12.1. The van der Waals surface area contributed by atoms with Crippen molar-refractivity contribution in [2.24, 2.45) is 0 Å².